The standard InChI is InChI=1S/C16H23N3O/c1-12(2)19(10-13(3)20)11-15-9-17-18-16(15)14-7-5-4-6-8-14/h4-9,12-13,20H,10-11H2,1-3H3,(H,17,18). The van der Waals surface area contributed by atoms with E-state index in [1.54, 1.807) is 0 Å². The minimum absolute atomic E-state index is 0.329. The summed E-state index contributed by atoms with van der Waals surface area (Å²) in [7, 11) is 0. The molecule has 4 heteroatoms. The number of benzene rings is 1. The molecule has 2 N–H and O–H groups in total. The predicted octanol–water partition coefficient (Wildman–Crippen LogP) is 2.67. The molecule has 0 saturated carbocycles. The molecule has 0 bridgehead atoms. The van der Waals surface area contributed by atoms with Crippen molar-refractivity contribution in [1.29, 1.82) is 0 Å². The molecule has 108 valence electrons. The number of H-pyrrole nitrogens is 1. The van der Waals surface area contributed by atoms with E-state index in [1.165, 1.54) is 0 Å². The number of nitrogens with zero attached hydrogens (tertiary/aromatic N) is 2. The van der Waals surface area contributed by atoms with E-state index in [-0.39, 0.29) is 6.10 Å². The molecule has 20 heavy (non-hydrogen) atoms. The number of aromatic amines is 1. The monoisotopic (exact) mass is 273 g/mol. The third-order valence-electron chi connectivity index (χ3n) is 3.38. The van der Waals surface area contributed by atoms with Crippen molar-refractivity contribution in [2.45, 2.75) is 39.5 Å². The normalized spacial score (nSPS) is 13.1. The van der Waals surface area contributed by atoms with Gasteiger partial charge in [-0.15, -0.1) is 0 Å². The van der Waals surface area contributed by atoms with Gasteiger partial charge in [0.05, 0.1) is 18.0 Å². The molecule has 1 aromatic carbocycles. The van der Waals surface area contributed by atoms with E-state index in [1.807, 2.05) is 31.3 Å². The SMILES string of the molecule is CC(O)CN(Cc1cn[nH]c1-c1ccccc1)C(C)C. The first-order valence-electron chi connectivity index (χ1n) is 7.07. The van der Waals surface area contributed by atoms with Crippen LogP contribution in [0.3, 0.4) is 0 Å². The lowest BCUT2D eigenvalue weighted by Gasteiger charge is -2.27. The van der Waals surface area contributed by atoms with Crippen molar-refractivity contribution >= 4 is 0 Å². The van der Waals surface area contributed by atoms with Crippen molar-refractivity contribution in [2.75, 3.05) is 6.54 Å². The van der Waals surface area contributed by atoms with Crippen LogP contribution < -0.4 is 0 Å². The highest BCUT2D eigenvalue weighted by molar-refractivity contribution is 5.62. The molecule has 0 aliphatic rings. The van der Waals surface area contributed by atoms with E-state index >= 15 is 0 Å². The summed E-state index contributed by atoms with van der Waals surface area (Å²) in [6.07, 6.45) is 1.55. The van der Waals surface area contributed by atoms with Gasteiger partial charge in [0.1, 0.15) is 0 Å². The Hall–Kier alpha value is -1.65. The van der Waals surface area contributed by atoms with Crippen molar-refractivity contribution in [3.63, 3.8) is 0 Å². The number of hydrogen-bond acceptors (Lipinski definition) is 3. The van der Waals surface area contributed by atoms with E-state index < -0.39 is 0 Å². The van der Waals surface area contributed by atoms with Crippen LogP contribution in [0.1, 0.15) is 26.3 Å². The number of nitrogens with one attached hydrogen (secondary N) is 1. The second kappa shape index (κ2) is 6.68. The largest absolute Gasteiger partial charge is 0.392 e. The van der Waals surface area contributed by atoms with E-state index in [9.17, 15) is 5.11 Å². The molecule has 2 rings (SSSR count). The van der Waals surface area contributed by atoms with Crippen LogP contribution in [0.15, 0.2) is 36.5 Å². The molecule has 4 nitrogen and oxygen atoms in total. The Bertz CT molecular complexity index is 520. The minimum atomic E-state index is -0.329. The summed E-state index contributed by atoms with van der Waals surface area (Å²) in [4.78, 5) is 2.25. The van der Waals surface area contributed by atoms with Gasteiger partial charge < -0.3 is 5.11 Å². The first-order valence-corrected chi connectivity index (χ1v) is 7.07. The molecule has 1 atom stereocenters. The first kappa shape index (κ1) is 14.8. The molecule has 0 radical (unpaired) electrons. The van der Waals surface area contributed by atoms with Crippen molar-refractivity contribution < 1.29 is 5.11 Å². The second-order valence-electron chi connectivity index (χ2n) is 5.51. The number of rotatable bonds is 6. The van der Waals surface area contributed by atoms with E-state index in [0.717, 1.165) is 23.4 Å². The zero-order valence-electron chi connectivity index (χ0n) is 12.4. The Morgan fingerprint density at radius 1 is 1.20 bits per heavy atom. The average Bonchev–Trinajstić information content (AvgIpc) is 2.86. The summed E-state index contributed by atoms with van der Waals surface area (Å²) < 4.78 is 0. The van der Waals surface area contributed by atoms with Crippen molar-refractivity contribution in [3.8, 4) is 11.3 Å². The lowest BCUT2D eigenvalue weighted by atomic mass is 10.1. The van der Waals surface area contributed by atoms with Gasteiger partial charge in [-0.3, -0.25) is 10.00 Å². The Morgan fingerprint density at radius 3 is 2.50 bits per heavy atom. The van der Waals surface area contributed by atoms with Crippen LogP contribution in [-0.4, -0.2) is 38.9 Å². The van der Waals surface area contributed by atoms with Gasteiger partial charge >= 0.3 is 0 Å². The van der Waals surface area contributed by atoms with Gasteiger partial charge in [0.2, 0.25) is 0 Å². The topological polar surface area (TPSA) is 52.1 Å². The summed E-state index contributed by atoms with van der Waals surface area (Å²) in [5, 5.41) is 16.9. The van der Waals surface area contributed by atoms with Gasteiger partial charge in [-0.05, 0) is 26.3 Å². The molecular weight excluding hydrogens is 250 g/mol. The van der Waals surface area contributed by atoms with Crippen LogP contribution in [-0.2, 0) is 6.54 Å². The van der Waals surface area contributed by atoms with Gasteiger partial charge in [0, 0.05) is 24.7 Å². The van der Waals surface area contributed by atoms with Crippen molar-refractivity contribution in [3.05, 3.63) is 42.1 Å². The highest BCUT2D eigenvalue weighted by atomic mass is 16.3. The van der Waals surface area contributed by atoms with Crippen LogP contribution >= 0.6 is 0 Å². The fraction of sp³-hybridized carbons (Fsp3) is 0.438. The number of hydrogen-bond donors (Lipinski definition) is 2. The van der Waals surface area contributed by atoms with Crippen LogP contribution in [0.5, 0.6) is 0 Å². The summed E-state index contributed by atoms with van der Waals surface area (Å²) in [5.41, 5.74) is 3.35. The number of aliphatic hydroxyl groups is 1. The number of aromatic nitrogens is 2. The molecule has 0 fully saturated rings. The Kier molecular flexibility index (Phi) is 4.93. The first-order chi connectivity index (χ1) is 9.58. The molecule has 1 unspecified atom stereocenters. The second-order valence-corrected chi connectivity index (χ2v) is 5.51. The summed E-state index contributed by atoms with van der Waals surface area (Å²) >= 11 is 0. The fourth-order valence-electron chi connectivity index (χ4n) is 2.30. The number of aliphatic hydroxyl groups excluding tert-OH is 1. The fourth-order valence-corrected chi connectivity index (χ4v) is 2.30. The van der Waals surface area contributed by atoms with Crippen LogP contribution in [0.2, 0.25) is 0 Å². The minimum Gasteiger partial charge on any atom is -0.392 e. The van der Waals surface area contributed by atoms with Gasteiger partial charge in [0.15, 0.2) is 0 Å². The summed E-state index contributed by atoms with van der Waals surface area (Å²) in [6.45, 7) is 7.55. The van der Waals surface area contributed by atoms with E-state index in [2.05, 4.69) is 41.1 Å². The Labute approximate surface area is 120 Å². The quantitative estimate of drug-likeness (QED) is 0.850. The van der Waals surface area contributed by atoms with Gasteiger partial charge in [-0.25, -0.2) is 0 Å². The highest BCUT2D eigenvalue weighted by Gasteiger charge is 2.16. The molecule has 0 spiro atoms. The maximum absolute atomic E-state index is 9.62. The van der Waals surface area contributed by atoms with Crippen LogP contribution in [0, 0.1) is 0 Å². The molecular formula is C16H23N3O. The van der Waals surface area contributed by atoms with E-state index in [0.29, 0.717) is 12.6 Å². The average molecular weight is 273 g/mol. The zero-order chi connectivity index (χ0) is 14.5. The van der Waals surface area contributed by atoms with Crippen LogP contribution in [0.25, 0.3) is 11.3 Å². The maximum atomic E-state index is 9.62. The smallest absolute Gasteiger partial charge is 0.0695 e. The molecule has 2 aromatic rings. The highest BCUT2D eigenvalue weighted by Crippen LogP contribution is 2.22. The van der Waals surface area contributed by atoms with Gasteiger partial charge in [-0.1, -0.05) is 30.3 Å². The molecule has 1 aromatic heterocycles. The third kappa shape index (κ3) is 3.68. The van der Waals surface area contributed by atoms with Gasteiger partial charge in [-0.2, -0.15) is 5.10 Å². The Morgan fingerprint density at radius 2 is 1.90 bits per heavy atom. The lowest BCUT2D eigenvalue weighted by molar-refractivity contribution is 0.103. The summed E-state index contributed by atoms with van der Waals surface area (Å²) in [5.74, 6) is 0. The lowest BCUT2D eigenvalue weighted by Crippen LogP contribution is -2.36. The van der Waals surface area contributed by atoms with E-state index in [4.69, 9.17) is 0 Å². The molecule has 1 heterocycles. The maximum Gasteiger partial charge on any atom is 0.0695 e. The van der Waals surface area contributed by atoms with Crippen molar-refractivity contribution in [1.82, 2.24) is 15.1 Å². The zero-order valence-corrected chi connectivity index (χ0v) is 12.4. The van der Waals surface area contributed by atoms with Gasteiger partial charge in [0.25, 0.3) is 0 Å². The molecule has 0 aliphatic carbocycles. The van der Waals surface area contributed by atoms with Crippen molar-refractivity contribution in [2.24, 2.45) is 0 Å². The van der Waals surface area contributed by atoms with Crippen LogP contribution in [0.4, 0.5) is 0 Å². The molecule has 0 saturated heterocycles. The molecule has 0 aliphatic heterocycles. The molecule has 0 amide bonds. The third-order valence-corrected chi connectivity index (χ3v) is 3.38. The summed E-state index contributed by atoms with van der Waals surface area (Å²) in [6, 6.07) is 10.6. The predicted molar refractivity (Wildman–Crippen MR) is 81.3 cm³/mol. The Balaban J connectivity index is 2.19.